The predicted octanol–water partition coefficient (Wildman–Crippen LogP) is 5.09. The fourth-order valence-corrected chi connectivity index (χ4v) is 2.30. The molecule has 0 aliphatic heterocycles. The molecule has 0 fully saturated rings. The zero-order valence-corrected chi connectivity index (χ0v) is 13.3. The van der Waals surface area contributed by atoms with E-state index in [1.165, 1.54) is 12.1 Å². The summed E-state index contributed by atoms with van der Waals surface area (Å²) in [6, 6.07) is 20.5. The maximum Gasteiger partial charge on any atom is 0.255 e. The average molecular weight is 340 g/mol. The maximum absolute atomic E-state index is 12.4. The number of nitrogens with one attached hydrogen (secondary N) is 1. The van der Waals surface area contributed by atoms with Gasteiger partial charge in [0.1, 0.15) is 17.2 Å². The molecule has 0 unspecified atom stereocenters. The first-order valence-electron chi connectivity index (χ1n) is 7.25. The minimum Gasteiger partial charge on any atom is -0.506 e. The molecular formula is C19H14ClNO3. The standard InChI is InChI=1S/C19H14ClNO3/c20-14-9-10-18(22)17(12-14)21-19(23)13-5-4-8-16(11-13)24-15-6-2-1-3-7-15/h1-12,22H,(H,21,23). The summed E-state index contributed by atoms with van der Waals surface area (Å²) in [7, 11) is 0. The first-order valence-corrected chi connectivity index (χ1v) is 7.62. The van der Waals surface area contributed by atoms with Crippen LogP contribution in [-0.4, -0.2) is 11.0 Å². The van der Waals surface area contributed by atoms with E-state index in [1.807, 2.05) is 30.3 Å². The summed E-state index contributed by atoms with van der Waals surface area (Å²) in [5.41, 5.74) is 0.657. The van der Waals surface area contributed by atoms with Gasteiger partial charge in [0.15, 0.2) is 0 Å². The molecule has 0 radical (unpaired) electrons. The third-order valence-corrected chi connectivity index (χ3v) is 3.52. The molecule has 3 aromatic rings. The Morgan fingerprint density at radius 1 is 0.917 bits per heavy atom. The molecule has 24 heavy (non-hydrogen) atoms. The number of para-hydroxylation sites is 1. The summed E-state index contributed by atoms with van der Waals surface area (Å²) in [4.78, 5) is 12.4. The summed E-state index contributed by atoms with van der Waals surface area (Å²) < 4.78 is 5.71. The number of carbonyl (C=O) groups excluding carboxylic acids is 1. The van der Waals surface area contributed by atoms with Gasteiger partial charge in [-0.1, -0.05) is 35.9 Å². The monoisotopic (exact) mass is 339 g/mol. The molecule has 0 bridgehead atoms. The van der Waals surface area contributed by atoms with Crippen LogP contribution < -0.4 is 10.1 Å². The Labute approximate surface area is 144 Å². The van der Waals surface area contributed by atoms with Crippen LogP contribution in [0, 0.1) is 0 Å². The van der Waals surface area contributed by atoms with E-state index in [9.17, 15) is 9.90 Å². The van der Waals surface area contributed by atoms with Gasteiger partial charge < -0.3 is 15.2 Å². The average Bonchev–Trinajstić information content (AvgIpc) is 2.59. The lowest BCUT2D eigenvalue weighted by molar-refractivity contribution is 0.102. The highest BCUT2D eigenvalue weighted by molar-refractivity contribution is 6.31. The topological polar surface area (TPSA) is 58.6 Å². The number of aromatic hydroxyl groups is 1. The van der Waals surface area contributed by atoms with Crippen LogP contribution in [0.4, 0.5) is 5.69 Å². The lowest BCUT2D eigenvalue weighted by atomic mass is 10.2. The van der Waals surface area contributed by atoms with Crippen LogP contribution in [0.3, 0.4) is 0 Å². The number of rotatable bonds is 4. The van der Waals surface area contributed by atoms with Crippen molar-refractivity contribution in [1.82, 2.24) is 0 Å². The van der Waals surface area contributed by atoms with Crippen molar-refractivity contribution in [2.45, 2.75) is 0 Å². The van der Waals surface area contributed by atoms with Crippen molar-refractivity contribution in [3.8, 4) is 17.2 Å². The fraction of sp³-hybridized carbons (Fsp3) is 0. The Kier molecular flexibility index (Phi) is 4.68. The Hall–Kier alpha value is -2.98. The fourth-order valence-electron chi connectivity index (χ4n) is 2.13. The molecule has 2 N–H and O–H groups in total. The van der Waals surface area contributed by atoms with Crippen LogP contribution >= 0.6 is 11.6 Å². The number of hydrogen-bond donors (Lipinski definition) is 2. The molecule has 5 heteroatoms. The lowest BCUT2D eigenvalue weighted by Crippen LogP contribution is -2.12. The molecule has 0 aromatic heterocycles. The number of ether oxygens (including phenoxy) is 1. The molecule has 120 valence electrons. The van der Waals surface area contributed by atoms with Crippen molar-refractivity contribution in [3.05, 3.63) is 83.4 Å². The van der Waals surface area contributed by atoms with Crippen molar-refractivity contribution >= 4 is 23.2 Å². The molecule has 4 nitrogen and oxygen atoms in total. The van der Waals surface area contributed by atoms with E-state index in [-0.39, 0.29) is 17.3 Å². The molecular weight excluding hydrogens is 326 g/mol. The van der Waals surface area contributed by atoms with Gasteiger partial charge in [-0.2, -0.15) is 0 Å². The third-order valence-electron chi connectivity index (χ3n) is 3.28. The Bertz CT molecular complexity index is 865. The molecule has 0 aliphatic rings. The number of anilines is 1. The second-order valence-electron chi connectivity index (χ2n) is 5.06. The molecule has 1 amide bonds. The van der Waals surface area contributed by atoms with Gasteiger partial charge in [0, 0.05) is 10.6 Å². The van der Waals surface area contributed by atoms with E-state index in [4.69, 9.17) is 16.3 Å². The highest BCUT2D eigenvalue weighted by Gasteiger charge is 2.10. The molecule has 0 aliphatic carbocycles. The Morgan fingerprint density at radius 2 is 1.67 bits per heavy atom. The van der Waals surface area contributed by atoms with E-state index in [0.29, 0.717) is 22.1 Å². The largest absolute Gasteiger partial charge is 0.506 e. The van der Waals surface area contributed by atoms with Crippen LogP contribution in [0.25, 0.3) is 0 Å². The summed E-state index contributed by atoms with van der Waals surface area (Å²) in [5.74, 6) is 0.808. The highest BCUT2D eigenvalue weighted by Crippen LogP contribution is 2.27. The van der Waals surface area contributed by atoms with Gasteiger partial charge in [0.05, 0.1) is 5.69 Å². The van der Waals surface area contributed by atoms with Crippen molar-refractivity contribution in [1.29, 1.82) is 0 Å². The number of phenolic OH excluding ortho intramolecular Hbond substituents is 1. The first kappa shape index (κ1) is 15.9. The highest BCUT2D eigenvalue weighted by atomic mass is 35.5. The van der Waals surface area contributed by atoms with Crippen LogP contribution in [0.5, 0.6) is 17.2 Å². The minimum atomic E-state index is -0.369. The van der Waals surface area contributed by atoms with E-state index >= 15 is 0 Å². The zero-order valence-electron chi connectivity index (χ0n) is 12.6. The second kappa shape index (κ2) is 7.06. The molecule has 0 atom stereocenters. The van der Waals surface area contributed by atoms with Crippen molar-refractivity contribution in [2.24, 2.45) is 0 Å². The predicted molar refractivity (Wildman–Crippen MR) is 94.0 cm³/mol. The SMILES string of the molecule is O=C(Nc1cc(Cl)ccc1O)c1cccc(Oc2ccccc2)c1. The van der Waals surface area contributed by atoms with Crippen molar-refractivity contribution in [2.75, 3.05) is 5.32 Å². The smallest absolute Gasteiger partial charge is 0.255 e. The molecule has 3 rings (SSSR count). The van der Waals surface area contributed by atoms with Gasteiger partial charge in [-0.05, 0) is 48.5 Å². The second-order valence-corrected chi connectivity index (χ2v) is 5.49. The van der Waals surface area contributed by atoms with Gasteiger partial charge in [0.2, 0.25) is 0 Å². The minimum absolute atomic E-state index is 0.0514. The van der Waals surface area contributed by atoms with E-state index < -0.39 is 0 Å². The number of benzene rings is 3. The maximum atomic E-state index is 12.4. The van der Waals surface area contributed by atoms with Crippen LogP contribution in [0.2, 0.25) is 5.02 Å². The van der Waals surface area contributed by atoms with Gasteiger partial charge in [-0.3, -0.25) is 4.79 Å². The molecule has 3 aromatic carbocycles. The van der Waals surface area contributed by atoms with E-state index in [0.717, 1.165) is 0 Å². The third kappa shape index (κ3) is 3.86. The summed E-state index contributed by atoms with van der Waals surface area (Å²) in [5, 5.41) is 12.8. The number of amides is 1. The molecule has 0 saturated heterocycles. The van der Waals surface area contributed by atoms with Gasteiger partial charge >= 0.3 is 0 Å². The number of hydrogen-bond acceptors (Lipinski definition) is 3. The van der Waals surface area contributed by atoms with Gasteiger partial charge in [0.25, 0.3) is 5.91 Å². The summed E-state index contributed by atoms with van der Waals surface area (Å²) in [6.07, 6.45) is 0. The van der Waals surface area contributed by atoms with E-state index in [1.54, 1.807) is 30.3 Å². The van der Waals surface area contributed by atoms with Crippen LogP contribution in [0.1, 0.15) is 10.4 Å². The van der Waals surface area contributed by atoms with Crippen LogP contribution in [0.15, 0.2) is 72.8 Å². The first-order chi connectivity index (χ1) is 11.6. The zero-order chi connectivity index (χ0) is 16.9. The Morgan fingerprint density at radius 3 is 2.46 bits per heavy atom. The normalized spacial score (nSPS) is 10.2. The van der Waals surface area contributed by atoms with E-state index in [2.05, 4.69) is 5.32 Å². The Balaban J connectivity index is 1.78. The molecule has 0 heterocycles. The van der Waals surface area contributed by atoms with Crippen LogP contribution in [-0.2, 0) is 0 Å². The molecule has 0 spiro atoms. The lowest BCUT2D eigenvalue weighted by Gasteiger charge is -2.10. The van der Waals surface area contributed by atoms with Crippen molar-refractivity contribution < 1.29 is 14.6 Å². The van der Waals surface area contributed by atoms with Crippen molar-refractivity contribution in [3.63, 3.8) is 0 Å². The number of halogens is 1. The summed E-state index contributed by atoms with van der Waals surface area (Å²) in [6.45, 7) is 0. The molecule has 0 saturated carbocycles. The quantitative estimate of drug-likeness (QED) is 0.651. The van der Waals surface area contributed by atoms with Gasteiger partial charge in [-0.15, -0.1) is 0 Å². The number of phenols is 1. The summed E-state index contributed by atoms with van der Waals surface area (Å²) >= 11 is 5.88. The van der Waals surface area contributed by atoms with Gasteiger partial charge in [-0.25, -0.2) is 0 Å². The number of carbonyl (C=O) groups is 1.